The first-order valence-electron chi connectivity index (χ1n) is 6.25. The quantitative estimate of drug-likeness (QED) is 0.778. The minimum atomic E-state index is -3.69. The summed E-state index contributed by atoms with van der Waals surface area (Å²) in [5.41, 5.74) is 0. The van der Waals surface area contributed by atoms with Gasteiger partial charge in [0.05, 0.1) is 18.6 Å². The van der Waals surface area contributed by atoms with E-state index in [9.17, 15) is 13.2 Å². The molecule has 1 amide bonds. The van der Waals surface area contributed by atoms with Crippen molar-refractivity contribution >= 4 is 15.9 Å². The second-order valence-corrected chi connectivity index (χ2v) is 6.46. The molecule has 0 radical (unpaired) electrons. The van der Waals surface area contributed by atoms with Crippen LogP contribution in [0.2, 0.25) is 0 Å². The van der Waals surface area contributed by atoms with Crippen LogP contribution in [0.4, 0.5) is 0 Å². The minimum absolute atomic E-state index is 0.0926. The smallest absolute Gasteiger partial charge is 0.241 e. The second-order valence-electron chi connectivity index (χ2n) is 4.70. The van der Waals surface area contributed by atoms with E-state index in [2.05, 4.69) is 10.0 Å². The molecule has 1 aromatic carbocycles. The molecule has 112 valence electrons. The van der Waals surface area contributed by atoms with Crippen molar-refractivity contribution in [2.24, 2.45) is 5.92 Å². The summed E-state index contributed by atoms with van der Waals surface area (Å²) in [7, 11) is -2.18. The zero-order valence-electron chi connectivity index (χ0n) is 11.8. The number of benzene rings is 1. The van der Waals surface area contributed by atoms with Gasteiger partial charge in [-0.1, -0.05) is 13.8 Å². The third-order valence-electron chi connectivity index (χ3n) is 2.50. The van der Waals surface area contributed by atoms with Crippen LogP contribution in [0.25, 0.3) is 0 Å². The Morgan fingerprint density at radius 2 is 1.85 bits per heavy atom. The van der Waals surface area contributed by atoms with Crippen LogP contribution in [-0.2, 0) is 14.8 Å². The topological polar surface area (TPSA) is 84.5 Å². The van der Waals surface area contributed by atoms with Gasteiger partial charge in [0.15, 0.2) is 0 Å². The lowest BCUT2D eigenvalue weighted by Crippen LogP contribution is -2.38. The third kappa shape index (κ3) is 5.18. The molecule has 0 atom stereocenters. The van der Waals surface area contributed by atoms with Crippen molar-refractivity contribution in [3.63, 3.8) is 0 Å². The van der Waals surface area contributed by atoms with Gasteiger partial charge < -0.3 is 10.1 Å². The maximum atomic E-state index is 11.9. The highest BCUT2D eigenvalue weighted by Gasteiger charge is 2.15. The average molecular weight is 300 g/mol. The van der Waals surface area contributed by atoms with Gasteiger partial charge in [-0.25, -0.2) is 13.1 Å². The zero-order chi connectivity index (χ0) is 15.2. The zero-order valence-corrected chi connectivity index (χ0v) is 12.7. The van der Waals surface area contributed by atoms with E-state index < -0.39 is 10.0 Å². The number of nitrogens with one attached hydrogen (secondary N) is 2. The Morgan fingerprint density at radius 1 is 1.25 bits per heavy atom. The van der Waals surface area contributed by atoms with E-state index in [-0.39, 0.29) is 17.3 Å². The van der Waals surface area contributed by atoms with Crippen LogP contribution in [0.5, 0.6) is 5.75 Å². The molecule has 6 nitrogen and oxygen atoms in total. The van der Waals surface area contributed by atoms with Crippen molar-refractivity contribution in [2.45, 2.75) is 18.7 Å². The molecule has 0 aliphatic carbocycles. The molecule has 0 fully saturated rings. The Kier molecular flexibility index (Phi) is 5.97. The van der Waals surface area contributed by atoms with Gasteiger partial charge in [0.2, 0.25) is 15.9 Å². The SMILES string of the molecule is COc1ccc(S(=O)(=O)NCC(=O)NCC(C)C)cc1. The molecular weight excluding hydrogens is 280 g/mol. The van der Waals surface area contributed by atoms with Gasteiger partial charge in [0.1, 0.15) is 5.75 Å². The summed E-state index contributed by atoms with van der Waals surface area (Å²) in [6.45, 7) is 4.16. The van der Waals surface area contributed by atoms with Crippen molar-refractivity contribution < 1.29 is 17.9 Å². The first-order chi connectivity index (χ1) is 9.35. The van der Waals surface area contributed by atoms with Crippen molar-refractivity contribution in [3.8, 4) is 5.75 Å². The normalized spacial score (nSPS) is 11.4. The molecule has 1 aromatic rings. The molecule has 7 heteroatoms. The molecule has 0 saturated carbocycles. The summed E-state index contributed by atoms with van der Waals surface area (Å²) in [4.78, 5) is 11.6. The van der Waals surface area contributed by atoms with Crippen LogP contribution in [0.1, 0.15) is 13.8 Å². The lowest BCUT2D eigenvalue weighted by Gasteiger charge is -2.09. The molecule has 0 heterocycles. The Balaban J connectivity index is 2.58. The average Bonchev–Trinajstić information content (AvgIpc) is 2.43. The van der Waals surface area contributed by atoms with E-state index in [0.29, 0.717) is 18.2 Å². The number of hydrogen-bond donors (Lipinski definition) is 2. The number of carbonyl (C=O) groups is 1. The standard InChI is InChI=1S/C13H20N2O4S/c1-10(2)8-14-13(16)9-15-20(17,18)12-6-4-11(19-3)5-7-12/h4-7,10,15H,8-9H2,1-3H3,(H,14,16). The van der Waals surface area contributed by atoms with Gasteiger partial charge in [0, 0.05) is 6.54 Å². The van der Waals surface area contributed by atoms with E-state index in [4.69, 9.17) is 4.74 Å². The number of methoxy groups -OCH3 is 1. The van der Waals surface area contributed by atoms with Gasteiger partial charge in [-0.2, -0.15) is 0 Å². The molecule has 0 aliphatic rings. The molecule has 0 spiro atoms. The van der Waals surface area contributed by atoms with E-state index in [1.54, 1.807) is 12.1 Å². The van der Waals surface area contributed by atoms with Gasteiger partial charge in [-0.3, -0.25) is 4.79 Å². The van der Waals surface area contributed by atoms with Crippen LogP contribution in [-0.4, -0.2) is 34.5 Å². The highest BCUT2D eigenvalue weighted by Crippen LogP contribution is 2.14. The summed E-state index contributed by atoms with van der Waals surface area (Å²) >= 11 is 0. The number of sulfonamides is 1. The van der Waals surface area contributed by atoms with Crippen LogP contribution in [0, 0.1) is 5.92 Å². The predicted octanol–water partition coefficient (Wildman–Crippen LogP) is 0.746. The lowest BCUT2D eigenvalue weighted by molar-refractivity contribution is -0.120. The molecular formula is C13H20N2O4S. The third-order valence-corrected chi connectivity index (χ3v) is 3.92. The van der Waals surface area contributed by atoms with Crippen molar-refractivity contribution in [3.05, 3.63) is 24.3 Å². The predicted molar refractivity (Wildman–Crippen MR) is 76.0 cm³/mol. The Labute approximate surface area is 119 Å². The molecule has 20 heavy (non-hydrogen) atoms. The summed E-state index contributed by atoms with van der Waals surface area (Å²) in [6.07, 6.45) is 0. The molecule has 0 aromatic heterocycles. The fraction of sp³-hybridized carbons (Fsp3) is 0.462. The molecule has 0 aliphatic heterocycles. The minimum Gasteiger partial charge on any atom is -0.497 e. The van der Waals surface area contributed by atoms with Crippen LogP contribution in [0.15, 0.2) is 29.2 Å². The maximum Gasteiger partial charge on any atom is 0.241 e. The van der Waals surface area contributed by atoms with Crippen LogP contribution in [0.3, 0.4) is 0 Å². The number of ether oxygens (including phenoxy) is 1. The van der Waals surface area contributed by atoms with Gasteiger partial charge >= 0.3 is 0 Å². The monoisotopic (exact) mass is 300 g/mol. The van der Waals surface area contributed by atoms with Crippen molar-refractivity contribution in [1.82, 2.24) is 10.0 Å². The number of hydrogen-bond acceptors (Lipinski definition) is 4. The summed E-state index contributed by atoms with van der Waals surface area (Å²) in [5.74, 6) is 0.534. The fourth-order valence-corrected chi connectivity index (χ4v) is 2.36. The highest BCUT2D eigenvalue weighted by molar-refractivity contribution is 7.89. The summed E-state index contributed by atoms with van der Waals surface area (Å²) in [6, 6.07) is 5.95. The number of carbonyl (C=O) groups excluding carboxylic acids is 1. The first kappa shape index (κ1) is 16.5. The Hall–Kier alpha value is -1.60. The lowest BCUT2D eigenvalue weighted by atomic mass is 10.2. The molecule has 0 saturated heterocycles. The molecule has 1 rings (SSSR count). The molecule has 2 N–H and O–H groups in total. The van der Waals surface area contributed by atoms with E-state index >= 15 is 0 Å². The molecule has 0 bridgehead atoms. The summed E-state index contributed by atoms with van der Waals surface area (Å²) in [5, 5.41) is 2.64. The Morgan fingerprint density at radius 3 is 2.35 bits per heavy atom. The highest BCUT2D eigenvalue weighted by atomic mass is 32.2. The van der Waals surface area contributed by atoms with Gasteiger partial charge in [-0.15, -0.1) is 0 Å². The summed E-state index contributed by atoms with van der Waals surface area (Å²) < 4.78 is 31.1. The fourth-order valence-electron chi connectivity index (χ4n) is 1.38. The van der Waals surface area contributed by atoms with E-state index in [1.807, 2.05) is 13.8 Å². The van der Waals surface area contributed by atoms with Crippen molar-refractivity contribution in [1.29, 1.82) is 0 Å². The van der Waals surface area contributed by atoms with E-state index in [1.165, 1.54) is 19.2 Å². The Bertz CT molecular complexity index is 538. The maximum absolute atomic E-state index is 11.9. The molecule has 0 unspecified atom stereocenters. The first-order valence-corrected chi connectivity index (χ1v) is 7.74. The van der Waals surface area contributed by atoms with Gasteiger partial charge in [0.25, 0.3) is 0 Å². The van der Waals surface area contributed by atoms with E-state index in [0.717, 1.165) is 0 Å². The number of rotatable bonds is 7. The second kappa shape index (κ2) is 7.25. The van der Waals surface area contributed by atoms with Crippen LogP contribution < -0.4 is 14.8 Å². The number of amides is 1. The largest absolute Gasteiger partial charge is 0.497 e. The van der Waals surface area contributed by atoms with Gasteiger partial charge in [-0.05, 0) is 30.2 Å². The van der Waals surface area contributed by atoms with Crippen molar-refractivity contribution in [2.75, 3.05) is 20.2 Å². The van der Waals surface area contributed by atoms with Crippen LogP contribution >= 0.6 is 0 Å².